The summed E-state index contributed by atoms with van der Waals surface area (Å²) in [6, 6.07) is 6.03. The third-order valence-corrected chi connectivity index (χ3v) is 6.15. The highest BCUT2D eigenvalue weighted by Crippen LogP contribution is 2.27. The fourth-order valence-electron chi connectivity index (χ4n) is 3.36. The van der Waals surface area contributed by atoms with Crippen LogP contribution < -0.4 is 10.0 Å². The second-order valence-electron chi connectivity index (χ2n) is 6.69. The minimum atomic E-state index is -3.52. The molecule has 1 aromatic rings. The SMILES string of the molecule is CC(C)NS(=O)(=O)c1ccc(C(=O)N2C[C@H]3CNC[C@H]3C2)cc1. The van der Waals surface area contributed by atoms with Gasteiger partial charge in [-0.2, -0.15) is 0 Å². The minimum Gasteiger partial charge on any atom is -0.338 e. The summed E-state index contributed by atoms with van der Waals surface area (Å²) in [4.78, 5) is 14.6. The number of hydrogen-bond acceptors (Lipinski definition) is 4. The van der Waals surface area contributed by atoms with Crippen LogP contribution in [0.3, 0.4) is 0 Å². The summed E-state index contributed by atoms with van der Waals surface area (Å²) >= 11 is 0. The van der Waals surface area contributed by atoms with Crippen LogP contribution in [-0.4, -0.2) is 51.4 Å². The van der Waals surface area contributed by atoms with E-state index < -0.39 is 10.0 Å². The van der Waals surface area contributed by atoms with Gasteiger partial charge in [-0.15, -0.1) is 0 Å². The van der Waals surface area contributed by atoms with Gasteiger partial charge in [-0.25, -0.2) is 13.1 Å². The summed E-state index contributed by atoms with van der Waals surface area (Å²) in [6.45, 7) is 7.07. The number of hydrogen-bond donors (Lipinski definition) is 2. The Morgan fingerprint density at radius 2 is 1.74 bits per heavy atom. The molecule has 2 heterocycles. The van der Waals surface area contributed by atoms with Gasteiger partial charge in [-0.3, -0.25) is 4.79 Å². The number of nitrogens with zero attached hydrogens (tertiary/aromatic N) is 1. The average molecular weight is 337 g/mol. The number of benzene rings is 1. The fraction of sp³-hybridized carbons (Fsp3) is 0.562. The lowest BCUT2D eigenvalue weighted by Crippen LogP contribution is -2.32. The van der Waals surface area contributed by atoms with Crippen LogP contribution in [0.25, 0.3) is 0 Å². The number of sulfonamides is 1. The molecule has 0 bridgehead atoms. The first-order valence-corrected chi connectivity index (χ1v) is 9.47. The molecule has 0 spiro atoms. The Morgan fingerprint density at radius 3 is 2.26 bits per heavy atom. The molecule has 1 aromatic carbocycles. The molecule has 2 fully saturated rings. The number of carbonyl (C=O) groups excluding carboxylic acids is 1. The summed E-state index contributed by atoms with van der Waals surface area (Å²) in [7, 11) is -3.52. The molecule has 1 amide bonds. The topological polar surface area (TPSA) is 78.5 Å². The molecule has 6 nitrogen and oxygen atoms in total. The molecule has 0 unspecified atom stereocenters. The quantitative estimate of drug-likeness (QED) is 0.846. The van der Waals surface area contributed by atoms with E-state index in [1.165, 1.54) is 12.1 Å². The Hall–Kier alpha value is -1.44. The molecular formula is C16H23N3O3S. The Kier molecular flexibility index (Phi) is 4.44. The molecule has 2 aliphatic heterocycles. The molecule has 0 aromatic heterocycles. The van der Waals surface area contributed by atoms with E-state index in [-0.39, 0.29) is 16.8 Å². The first kappa shape index (κ1) is 16.4. The largest absolute Gasteiger partial charge is 0.338 e. The van der Waals surface area contributed by atoms with Gasteiger partial charge < -0.3 is 10.2 Å². The monoisotopic (exact) mass is 337 g/mol. The van der Waals surface area contributed by atoms with Crippen molar-refractivity contribution in [3.05, 3.63) is 29.8 Å². The number of nitrogens with one attached hydrogen (secondary N) is 2. The van der Waals surface area contributed by atoms with Crippen LogP contribution in [0, 0.1) is 11.8 Å². The lowest BCUT2D eigenvalue weighted by Gasteiger charge is -2.18. The van der Waals surface area contributed by atoms with Gasteiger partial charge in [-0.1, -0.05) is 0 Å². The minimum absolute atomic E-state index is 0.0137. The Morgan fingerprint density at radius 1 is 1.17 bits per heavy atom. The van der Waals surface area contributed by atoms with Gasteiger partial charge in [0.25, 0.3) is 5.91 Å². The van der Waals surface area contributed by atoms with E-state index in [0.717, 1.165) is 26.2 Å². The van der Waals surface area contributed by atoms with E-state index in [0.29, 0.717) is 17.4 Å². The van der Waals surface area contributed by atoms with Crippen molar-refractivity contribution in [1.82, 2.24) is 14.9 Å². The van der Waals surface area contributed by atoms with Crippen LogP contribution in [-0.2, 0) is 10.0 Å². The van der Waals surface area contributed by atoms with Crippen molar-refractivity contribution >= 4 is 15.9 Å². The van der Waals surface area contributed by atoms with Gasteiger partial charge in [0, 0.05) is 37.8 Å². The first-order valence-electron chi connectivity index (χ1n) is 7.99. The highest BCUT2D eigenvalue weighted by molar-refractivity contribution is 7.89. The molecule has 7 heteroatoms. The van der Waals surface area contributed by atoms with Crippen molar-refractivity contribution in [2.45, 2.75) is 24.8 Å². The third kappa shape index (κ3) is 3.41. The van der Waals surface area contributed by atoms with E-state index >= 15 is 0 Å². The second-order valence-corrected chi connectivity index (χ2v) is 8.40. The summed E-state index contributed by atoms with van der Waals surface area (Å²) in [6.07, 6.45) is 0. The van der Waals surface area contributed by atoms with Gasteiger partial charge in [-0.05, 0) is 49.9 Å². The van der Waals surface area contributed by atoms with Crippen LogP contribution in [0.5, 0.6) is 0 Å². The average Bonchev–Trinajstić information content (AvgIpc) is 3.06. The predicted octanol–water partition coefficient (Wildman–Crippen LogP) is 0.665. The Balaban J connectivity index is 1.71. The fourth-order valence-corrected chi connectivity index (χ4v) is 4.61. The maximum atomic E-state index is 12.6. The van der Waals surface area contributed by atoms with Gasteiger partial charge in [0.2, 0.25) is 10.0 Å². The van der Waals surface area contributed by atoms with Gasteiger partial charge >= 0.3 is 0 Å². The number of rotatable bonds is 4. The van der Waals surface area contributed by atoms with Crippen molar-refractivity contribution in [3.8, 4) is 0 Å². The molecule has 126 valence electrons. The van der Waals surface area contributed by atoms with E-state index in [2.05, 4.69) is 10.0 Å². The maximum Gasteiger partial charge on any atom is 0.253 e. The van der Waals surface area contributed by atoms with E-state index in [1.54, 1.807) is 26.0 Å². The molecule has 0 radical (unpaired) electrons. The third-order valence-electron chi connectivity index (χ3n) is 4.48. The first-order chi connectivity index (χ1) is 10.9. The highest BCUT2D eigenvalue weighted by atomic mass is 32.2. The molecule has 3 rings (SSSR count). The lowest BCUT2D eigenvalue weighted by atomic mass is 10.0. The number of fused-ring (bicyclic) bond motifs is 1. The predicted molar refractivity (Wildman–Crippen MR) is 87.7 cm³/mol. The number of carbonyl (C=O) groups is 1. The zero-order valence-corrected chi connectivity index (χ0v) is 14.3. The van der Waals surface area contributed by atoms with E-state index in [4.69, 9.17) is 0 Å². The van der Waals surface area contributed by atoms with Crippen molar-refractivity contribution in [1.29, 1.82) is 0 Å². The summed E-state index contributed by atoms with van der Waals surface area (Å²) < 4.78 is 26.7. The molecule has 2 saturated heterocycles. The molecule has 2 N–H and O–H groups in total. The van der Waals surface area contributed by atoms with Crippen LogP contribution in [0.15, 0.2) is 29.2 Å². The zero-order valence-electron chi connectivity index (χ0n) is 13.5. The lowest BCUT2D eigenvalue weighted by molar-refractivity contribution is 0.0781. The van der Waals surface area contributed by atoms with E-state index in [9.17, 15) is 13.2 Å². The van der Waals surface area contributed by atoms with Crippen molar-refractivity contribution in [2.75, 3.05) is 26.2 Å². The van der Waals surface area contributed by atoms with Crippen LogP contribution >= 0.6 is 0 Å². The van der Waals surface area contributed by atoms with Crippen molar-refractivity contribution in [3.63, 3.8) is 0 Å². The molecule has 2 atom stereocenters. The van der Waals surface area contributed by atoms with Gasteiger partial charge in [0.05, 0.1) is 4.90 Å². The number of amides is 1. The van der Waals surface area contributed by atoms with Crippen LogP contribution in [0.1, 0.15) is 24.2 Å². The van der Waals surface area contributed by atoms with E-state index in [1.807, 2.05) is 4.90 Å². The smallest absolute Gasteiger partial charge is 0.253 e. The summed E-state index contributed by atoms with van der Waals surface area (Å²) in [5.41, 5.74) is 0.543. The van der Waals surface area contributed by atoms with Crippen molar-refractivity contribution in [2.24, 2.45) is 11.8 Å². The summed E-state index contributed by atoms with van der Waals surface area (Å²) in [5.74, 6) is 1.09. The molecule has 0 saturated carbocycles. The Labute approximate surface area is 137 Å². The van der Waals surface area contributed by atoms with Crippen LogP contribution in [0.4, 0.5) is 0 Å². The number of likely N-dealkylation sites (tertiary alicyclic amines) is 1. The zero-order chi connectivity index (χ0) is 16.6. The maximum absolute atomic E-state index is 12.6. The van der Waals surface area contributed by atoms with Gasteiger partial charge in [0.15, 0.2) is 0 Å². The second kappa shape index (κ2) is 6.22. The summed E-state index contributed by atoms with van der Waals surface area (Å²) in [5, 5.41) is 3.35. The molecule has 2 aliphatic rings. The highest BCUT2D eigenvalue weighted by Gasteiger charge is 2.38. The normalized spacial score (nSPS) is 24.2. The standard InChI is InChI=1S/C16H23N3O3S/c1-11(2)18-23(21,22)15-5-3-12(4-6-15)16(20)19-9-13-7-17-8-14(13)10-19/h3-6,11,13-14,17-18H,7-10H2,1-2H3/t13-,14+. The molecular weight excluding hydrogens is 314 g/mol. The molecule has 0 aliphatic carbocycles. The molecule has 23 heavy (non-hydrogen) atoms. The van der Waals surface area contributed by atoms with Crippen LogP contribution in [0.2, 0.25) is 0 Å². The van der Waals surface area contributed by atoms with Gasteiger partial charge in [0.1, 0.15) is 0 Å². The van der Waals surface area contributed by atoms with Crippen molar-refractivity contribution < 1.29 is 13.2 Å². The Bertz CT molecular complexity index is 673.